The first-order chi connectivity index (χ1) is 13.2. The summed E-state index contributed by atoms with van der Waals surface area (Å²) < 4.78 is 3.71. The van der Waals surface area contributed by atoms with E-state index in [1.807, 2.05) is 71.6 Å². The van der Waals surface area contributed by atoms with Crippen LogP contribution in [0.3, 0.4) is 0 Å². The van der Waals surface area contributed by atoms with E-state index >= 15 is 0 Å². The number of nitrogens with one attached hydrogen (secondary N) is 1. The van der Waals surface area contributed by atoms with Gasteiger partial charge in [0, 0.05) is 34.7 Å². The SMILES string of the molecule is O=C(Nc1ccnn1Cc1ccc(Cl)cc1)c1cccc(-n2cccc2)c1. The quantitative estimate of drug-likeness (QED) is 0.552. The molecule has 0 radical (unpaired) electrons. The fourth-order valence-electron chi connectivity index (χ4n) is 2.83. The summed E-state index contributed by atoms with van der Waals surface area (Å²) in [5.41, 5.74) is 2.57. The predicted octanol–water partition coefficient (Wildman–Crippen LogP) is 4.63. The van der Waals surface area contributed by atoms with Gasteiger partial charge in [-0.3, -0.25) is 4.79 Å². The number of hydrogen-bond donors (Lipinski definition) is 1. The first-order valence-corrected chi connectivity index (χ1v) is 8.88. The highest BCUT2D eigenvalue weighted by Crippen LogP contribution is 2.16. The largest absolute Gasteiger partial charge is 0.324 e. The van der Waals surface area contributed by atoms with Crippen LogP contribution in [0.25, 0.3) is 5.69 Å². The van der Waals surface area contributed by atoms with E-state index in [0.29, 0.717) is 22.9 Å². The standard InChI is InChI=1S/C21H17ClN4O/c22-18-8-6-16(7-9-18)15-26-20(10-11-23-26)24-21(27)17-4-3-5-19(14-17)25-12-1-2-13-25/h1-14H,15H2,(H,24,27). The summed E-state index contributed by atoms with van der Waals surface area (Å²) in [6, 6.07) is 20.7. The number of anilines is 1. The summed E-state index contributed by atoms with van der Waals surface area (Å²) in [7, 11) is 0. The Hall–Kier alpha value is -3.31. The van der Waals surface area contributed by atoms with Gasteiger partial charge in [0.2, 0.25) is 0 Å². The highest BCUT2D eigenvalue weighted by Gasteiger charge is 2.11. The first-order valence-electron chi connectivity index (χ1n) is 8.50. The lowest BCUT2D eigenvalue weighted by atomic mass is 10.2. The maximum absolute atomic E-state index is 12.7. The maximum atomic E-state index is 12.7. The highest BCUT2D eigenvalue weighted by molar-refractivity contribution is 6.30. The van der Waals surface area contributed by atoms with Crippen molar-refractivity contribution in [1.82, 2.24) is 14.3 Å². The van der Waals surface area contributed by atoms with Crippen molar-refractivity contribution in [2.75, 3.05) is 5.32 Å². The van der Waals surface area contributed by atoms with Crippen molar-refractivity contribution in [3.63, 3.8) is 0 Å². The van der Waals surface area contributed by atoms with Crippen LogP contribution in [0.15, 0.2) is 85.3 Å². The molecule has 27 heavy (non-hydrogen) atoms. The average molecular weight is 377 g/mol. The summed E-state index contributed by atoms with van der Waals surface area (Å²) in [5.74, 6) is 0.461. The van der Waals surface area contributed by atoms with E-state index in [1.54, 1.807) is 23.0 Å². The Morgan fingerprint density at radius 3 is 2.56 bits per heavy atom. The second-order valence-electron chi connectivity index (χ2n) is 6.10. The number of rotatable bonds is 5. The van der Waals surface area contributed by atoms with Gasteiger partial charge in [-0.2, -0.15) is 5.10 Å². The van der Waals surface area contributed by atoms with Gasteiger partial charge in [-0.05, 0) is 48.0 Å². The molecule has 4 aromatic rings. The Morgan fingerprint density at radius 2 is 1.78 bits per heavy atom. The van der Waals surface area contributed by atoms with Gasteiger partial charge in [-0.15, -0.1) is 0 Å². The van der Waals surface area contributed by atoms with Gasteiger partial charge in [0.05, 0.1) is 12.7 Å². The zero-order valence-electron chi connectivity index (χ0n) is 14.4. The molecule has 0 saturated heterocycles. The van der Waals surface area contributed by atoms with Gasteiger partial charge in [0.25, 0.3) is 5.91 Å². The predicted molar refractivity (Wildman–Crippen MR) is 107 cm³/mol. The third kappa shape index (κ3) is 3.93. The monoisotopic (exact) mass is 376 g/mol. The number of aromatic nitrogens is 3. The normalized spacial score (nSPS) is 10.7. The van der Waals surface area contributed by atoms with E-state index in [4.69, 9.17) is 11.6 Å². The minimum absolute atomic E-state index is 0.179. The topological polar surface area (TPSA) is 51.9 Å². The van der Waals surface area contributed by atoms with Crippen molar-refractivity contribution in [2.45, 2.75) is 6.54 Å². The summed E-state index contributed by atoms with van der Waals surface area (Å²) in [4.78, 5) is 12.7. The lowest BCUT2D eigenvalue weighted by Crippen LogP contribution is -2.16. The Labute approximate surface area is 161 Å². The first kappa shape index (κ1) is 17.1. The molecule has 4 rings (SSSR count). The fraction of sp³-hybridized carbons (Fsp3) is 0.0476. The van der Waals surface area contributed by atoms with Gasteiger partial charge in [-0.1, -0.05) is 29.8 Å². The van der Waals surface area contributed by atoms with Crippen LogP contribution in [-0.4, -0.2) is 20.3 Å². The lowest BCUT2D eigenvalue weighted by Gasteiger charge is -2.10. The van der Waals surface area contributed by atoms with Gasteiger partial charge in [-0.25, -0.2) is 4.68 Å². The smallest absolute Gasteiger partial charge is 0.256 e. The molecule has 0 aliphatic heterocycles. The maximum Gasteiger partial charge on any atom is 0.256 e. The third-order valence-corrected chi connectivity index (χ3v) is 4.47. The number of carbonyl (C=O) groups excluding carboxylic acids is 1. The van der Waals surface area contributed by atoms with Crippen LogP contribution in [0.5, 0.6) is 0 Å². The van der Waals surface area contributed by atoms with Gasteiger partial charge in [0.15, 0.2) is 0 Å². The number of hydrogen-bond acceptors (Lipinski definition) is 2. The Kier molecular flexibility index (Phi) is 4.77. The molecule has 0 aliphatic carbocycles. The highest BCUT2D eigenvalue weighted by atomic mass is 35.5. The van der Waals surface area contributed by atoms with Crippen molar-refractivity contribution in [3.05, 3.63) is 101 Å². The van der Waals surface area contributed by atoms with Crippen LogP contribution in [0.4, 0.5) is 5.82 Å². The molecule has 134 valence electrons. The molecule has 2 heterocycles. The molecule has 1 N–H and O–H groups in total. The van der Waals surface area contributed by atoms with Gasteiger partial charge in [0.1, 0.15) is 5.82 Å². The minimum atomic E-state index is -0.179. The van der Waals surface area contributed by atoms with Crippen molar-refractivity contribution in [3.8, 4) is 5.69 Å². The molecule has 5 nitrogen and oxygen atoms in total. The molecule has 0 fully saturated rings. The molecular formula is C21H17ClN4O. The van der Waals surface area contributed by atoms with Crippen molar-refractivity contribution >= 4 is 23.3 Å². The number of carbonyl (C=O) groups is 1. The van der Waals surface area contributed by atoms with Crippen molar-refractivity contribution in [1.29, 1.82) is 0 Å². The minimum Gasteiger partial charge on any atom is -0.324 e. The summed E-state index contributed by atoms with van der Waals surface area (Å²) >= 11 is 5.93. The van der Waals surface area contributed by atoms with Crippen LogP contribution in [0.1, 0.15) is 15.9 Å². The average Bonchev–Trinajstić information content (AvgIpc) is 3.36. The van der Waals surface area contributed by atoms with Crippen LogP contribution in [-0.2, 0) is 6.54 Å². The van der Waals surface area contributed by atoms with E-state index in [-0.39, 0.29) is 5.91 Å². The molecule has 0 unspecified atom stereocenters. The third-order valence-electron chi connectivity index (χ3n) is 4.21. The summed E-state index contributed by atoms with van der Waals surface area (Å²) in [6.07, 6.45) is 5.55. The molecule has 0 atom stereocenters. The molecule has 0 spiro atoms. The van der Waals surface area contributed by atoms with E-state index in [2.05, 4.69) is 10.4 Å². The van der Waals surface area contributed by atoms with E-state index in [1.165, 1.54) is 0 Å². The Morgan fingerprint density at radius 1 is 1.00 bits per heavy atom. The van der Waals surface area contributed by atoms with Gasteiger partial charge >= 0.3 is 0 Å². The Balaban J connectivity index is 1.51. The number of nitrogens with zero attached hydrogens (tertiary/aromatic N) is 3. The number of amides is 1. The second kappa shape index (κ2) is 7.51. The molecular weight excluding hydrogens is 360 g/mol. The molecule has 0 saturated carbocycles. The van der Waals surface area contributed by atoms with Crippen LogP contribution in [0.2, 0.25) is 5.02 Å². The van der Waals surface area contributed by atoms with Crippen LogP contribution < -0.4 is 5.32 Å². The van der Waals surface area contributed by atoms with Crippen molar-refractivity contribution < 1.29 is 4.79 Å². The number of benzene rings is 2. The van der Waals surface area contributed by atoms with Crippen LogP contribution >= 0.6 is 11.6 Å². The van der Waals surface area contributed by atoms with Crippen molar-refractivity contribution in [2.24, 2.45) is 0 Å². The number of halogens is 1. The van der Waals surface area contributed by atoms with Gasteiger partial charge < -0.3 is 9.88 Å². The lowest BCUT2D eigenvalue weighted by molar-refractivity contribution is 0.102. The Bertz CT molecular complexity index is 1050. The zero-order valence-corrected chi connectivity index (χ0v) is 15.2. The zero-order chi connectivity index (χ0) is 18.6. The molecule has 1 amide bonds. The molecule has 6 heteroatoms. The van der Waals surface area contributed by atoms with Crippen LogP contribution in [0, 0.1) is 0 Å². The van der Waals surface area contributed by atoms with E-state index in [9.17, 15) is 4.79 Å². The van der Waals surface area contributed by atoms with E-state index < -0.39 is 0 Å². The second-order valence-corrected chi connectivity index (χ2v) is 6.53. The fourth-order valence-corrected chi connectivity index (χ4v) is 2.96. The molecule has 0 aliphatic rings. The molecule has 0 bridgehead atoms. The molecule has 2 aromatic carbocycles. The summed E-state index contributed by atoms with van der Waals surface area (Å²) in [5, 5.41) is 7.93. The molecule has 2 aromatic heterocycles. The van der Waals surface area contributed by atoms with E-state index in [0.717, 1.165) is 11.3 Å². The summed E-state index contributed by atoms with van der Waals surface area (Å²) in [6.45, 7) is 0.545.